The highest BCUT2D eigenvalue weighted by Gasteiger charge is 2.13. The summed E-state index contributed by atoms with van der Waals surface area (Å²) in [6.07, 6.45) is 0. The number of aryl methyl sites for hydroxylation is 1. The molecule has 1 aromatic heterocycles. The van der Waals surface area contributed by atoms with Crippen LogP contribution in [-0.2, 0) is 0 Å². The van der Waals surface area contributed by atoms with Crippen molar-refractivity contribution in [3.05, 3.63) is 65.6 Å². The molecule has 0 bridgehead atoms. The van der Waals surface area contributed by atoms with E-state index in [-0.39, 0.29) is 11.3 Å². The van der Waals surface area contributed by atoms with Crippen molar-refractivity contribution < 1.29 is 18.1 Å². The van der Waals surface area contributed by atoms with Gasteiger partial charge < -0.3 is 9.84 Å². The molecule has 2 aromatic carbocycles. The fourth-order valence-electron chi connectivity index (χ4n) is 2.00. The third-order valence-electron chi connectivity index (χ3n) is 3.09. The average molecular weight is 315 g/mol. The second kappa shape index (κ2) is 5.96. The predicted molar refractivity (Wildman–Crippen MR) is 78.8 cm³/mol. The van der Waals surface area contributed by atoms with E-state index < -0.39 is 17.5 Å². The summed E-state index contributed by atoms with van der Waals surface area (Å²) in [6.45, 7) is 1.65. The van der Waals surface area contributed by atoms with E-state index in [9.17, 15) is 13.6 Å². The number of rotatable bonds is 3. The van der Waals surface area contributed by atoms with Crippen LogP contribution >= 0.6 is 0 Å². The number of carbonyl (C=O) groups is 1. The van der Waals surface area contributed by atoms with Gasteiger partial charge in [0.25, 0.3) is 5.91 Å². The van der Waals surface area contributed by atoms with E-state index in [4.69, 9.17) is 4.52 Å². The highest BCUT2D eigenvalue weighted by atomic mass is 19.1. The minimum atomic E-state index is -0.718. The number of carbonyl (C=O) groups excluding carboxylic acids is 1. The molecule has 116 valence electrons. The molecule has 23 heavy (non-hydrogen) atoms. The number of halogens is 2. The van der Waals surface area contributed by atoms with Gasteiger partial charge in [0, 0.05) is 24.1 Å². The SMILES string of the molecule is Cc1nc(-c2cccc(C(=O)Nc3cc(F)ccc3F)c2)no1. The molecule has 0 saturated carbocycles. The number of benzene rings is 2. The molecule has 0 saturated heterocycles. The van der Waals surface area contributed by atoms with E-state index in [2.05, 4.69) is 15.5 Å². The van der Waals surface area contributed by atoms with Crippen molar-refractivity contribution in [2.45, 2.75) is 6.92 Å². The lowest BCUT2D eigenvalue weighted by Gasteiger charge is -2.07. The number of hydrogen-bond donors (Lipinski definition) is 1. The third-order valence-corrected chi connectivity index (χ3v) is 3.09. The summed E-state index contributed by atoms with van der Waals surface area (Å²) in [4.78, 5) is 16.3. The molecule has 5 nitrogen and oxygen atoms in total. The van der Waals surface area contributed by atoms with Gasteiger partial charge in [0.1, 0.15) is 11.6 Å². The largest absolute Gasteiger partial charge is 0.339 e. The van der Waals surface area contributed by atoms with E-state index in [1.807, 2.05) is 0 Å². The van der Waals surface area contributed by atoms with Crippen LogP contribution in [0.3, 0.4) is 0 Å². The molecule has 1 amide bonds. The molecule has 0 unspecified atom stereocenters. The Morgan fingerprint density at radius 2 is 2.00 bits per heavy atom. The third kappa shape index (κ3) is 3.23. The first-order valence-electron chi connectivity index (χ1n) is 6.70. The zero-order valence-corrected chi connectivity index (χ0v) is 12.0. The molecule has 0 atom stereocenters. The fourth-order valence-corrected chi connectivity index (χ4v) is 2.00. The lowest BCUT2D eigenvalue weighted by Crippen LogP contribution is -2.13. The van der Waals surface area contributed by atoms with Crippen LogP contribution in [0, 0.1) is 18.6 Å². The maximum absolute atomic E-state index is 13.6. The van der Waals surface area contributed by atoms with Crippen LogP contribution in [0.4, 0.5) is 14.5 Å². The van der Waals surface area contributed by atoms with Crippen molar-refractivity contribution >= 4 is 11.6 Å². The highest BCUT2D eigenvalue weighted by Crippen LogP contribution is 2.20. The number of anilines is 1. The van der Waals surface area contributed by atoms with Crippen LogP contribution in [0.5, 0.6) is 0 Å². The maximum Gasteiger partial charge on any atom is 0.255 e. The fraction of sp³-hybridized carbons (Fsp3) is 0.0625. The van der Waals surface area contributed by atoms with Crippen LogP contribution in [0.15, 0.2) is 47.0 Å². The van der Waals surface area contributed by atoms with Gasteiger partial charge in [-0.1, -0.05) is 17.3 Å². The van der Waals surface area contributed by atoms with Crippen molar-refractivity contribution in [2.75, 3.05) is 5.32 Å². The molecule has 0 aliphatic rings. The second-order valence-corrected chi connectivity index (χ2v) is 4.80. The number of nitrogens with one attached hydrogen (secondary N) is 1. The molecule has 0 aliphatic carbocycles. The van der Waals surface area contributed by atoms with Crippen LogP contribution in [0.1, 0.15) is 16.2 Å². The summed E-state index contributed by atoms with van der Waals surface area (Å²) in [6, 6.07) is 9.27. The van der Waals surface area contributed by atoms with Crippen molar-refractivity contribution in [1.82, 2.24) is 10.1 Å². The minimum absolute atomic E-state index is 0.226. The monoisotopic (exact) mass is 315 g/mol. The molecule has 3 aromatic rings. The molecule has 1 heterocycles. The number of hydrogen-bond acceptors (Lipinski definition) is 4. The number of amides is 1. The van der Waals surface area contributed by atoms with Crippen LogP contribution < -0.4 is 5.32 Å². The van der Waals surface area contributed by atoms with E-state index in [1.165, 1.54) is 6.07 Å². The Balaban J connectivity index is 1.87. The molecular formula is C16H11F2N3O2. The summed E-state index contributed by atoms with van der Waals surface area (Å²) in [7, 11) is 0. The van der Waals surface area contributed by atoms with Gasteiger partial charge in [0.15, 0.2) is 0 Å². The van der Waals surface area contributed by atoms with Gasteiger partial charge in [0.2, 0.25) is 11.7 Å². The Bertz CT molecular complexity index is 877. The molecule has 0 spiro atoms. The van der Waals surface area contributed by atoms with Crippen molar-refractivity contribution in [3.63, 3.8) is 0 Å². The van der Waals surface area contributed by atoms with Gasteiger partial charge in [-0.3, -0.25) is 4.79 Å². The molecule has 0 fully saturated rings. The average Bonchev–Trinajstić information content (AvgIpc) is 2.97. The first-order chi connectivity index (χ1) is 11.0. The maximum atomic E-state index is 13.6. The topological polar surface area (TPSA) is 68.0 Å². The zero-order chi connectivity index (χ0) is 16.4. The first-order valence-corrected chi connectivity index (χ1v) is 6.70. The Labute approximate surface area is 130 Å². The summed E-state index contributed by atoms with van der Waals surface area (Å²) in [5, 5.41) is 6.10. The van der Waals surface area contributed by atoms with Gasteiger partial charge in [-0.05, 0) is 24.3 Å². The van der Waals surface area contributed by atoms with E-state index in [0.29, 0.717) is 17.3 Å². The van der Waals surface area contributed by atoms with Gasteiger partial charge in [-0.2, -0.15) is 4.98 Å². The standard InChI is InChI=1S/C16H11F2N3O2/c1-9-19-15(21-23-9)10-3-2-4-11(7-10)16(22)20-14-8-12(17)5-6-13(14)18/h2-8H,1H3,(H,20,22). The Hall–Kier alpha value is -3.09. The summed E-state index contributed by atoms with van der Waals surface area (Å²) < 4.78 is 31.6. The Kier molecular flexibility index (Phi) is 3.84. The first kappa shape index (κ1) is 14.8. The lowest BCUT2D eigenvalue weighted by molar-refractivity contribution is 0.102. The van der Waals surface area contributed by atoms with Gasteiger partial charge in [-0.15, -0.1) is 0 Å². The molecule has 1 N–H and O–H groups in total. The summed E-state index contributed by atoms with van der Waals surface area (Å²) in [5.74, 6) is -1.19. The van der Waals surface area contributed by atoms with Crippen molar-refractivity contribution in [2.24, 2.45) is 0 Å². The van der Waals surface area contributed by atoms with Crippen LogP contribution in [0.25, 0.3) is 11.4 Å². The molecule has 0 aliphatic heterocycles. The number of aromatic nitrogens is 2. The molecular weight excluding hydrogens is 304 g/mol. The second-order valence-electron chi connectivity index (χ2n) is 4.80. The predicted octanol–water partition coefficient (Wildman–Crippen LogP) is 3.58. The van der Waals surface area contributed by atoms with Crippen LogP contribution in [0.2, 0.25) is 0 Å². The summed E-state index contributed by atoms with van der Waals surface area (Å²) in [5.41, 5.74) is 0.610. The normalized spacial score (nSPS) is 10.6. The van der Waals surface area contributed by atoms with E-state index in [0.717, 1.165) is 18.2 Å². The minimum Gasteiger partial charge on any atom is -0.339 e. The van der Waals surface area contributed by atoms with Crippen LogP contribution in [-0.4, -0.2) is 16.0 Å². The lowest BCUT2D eigenvalue weighted by atomic mass is 10.1. The Morgan fingerprint density at radius 3 is 2.74 bits per heavy atom. The number of nitrogens with zero attached hydrogens (tertiary/aromatic N) is 2. The van der Waals surface area contributed by atoms with Crippen molar-refractivity contribution in [3.8, 4) is 11.4 Å². The molecule has 3 rings (SSSR count). The van der Waals surface area contributed by atoms with Crippen molar-refractivity contribution in [1.29, 1.82) is 0 Å². The summed E-state index contributed by atoms with van der Waals surface area (Å²) >= 11 is 0. The molecule has 0 radical (unpaired) electrons. The van der Waals surface area contributed by atoms with Gasteiger partial charge in [0.05, 0.1) is 5.69 Å². The Morgan fingerprint density at radius 1 is 1.17 bits per heavy atom. The van der Waals surface area contributed by atoms with E-state index in [1.54, 1.807) is 25.1 Å². The quantitative estimate of drug-likeness (QED) is 0.802. The van der Waals surface area contributed by atoms with Gasteiger partial charge in [-0.25, -0.2) is 8.78 Å². The van der Waals surface area contributed by atoms with E-state index >= 15 is 0 Å². The van der Waals surface area contributed by atoms with Gasteiger partial charge >= 0.3 is 0 Å². The highest BCUT2D eigenvalue weighted by molar-refractivity contribution is 6.04. The smallest absolute Gasteiger partial charge is 0.255 e. The molecule has 7 heteroatoms. The zero-order valence-electron chi connectivity index (χ0n) is 12.0.